The number of nitrogens with zero attached hydrogens (tertiary/aromatic N) is 6. The van der Waals surface area contributed by atoms with E-state index < -0.39 is 34.6 Å². The molecular weight excluding hydrogens is 604 g/mol. The van der Waals surface area contributed by atoms with Crippen LogP contribution in [-0.2, 0) is 12.7 Å². The van der Waals surface area contributed by atoms with E-state index in [9.17, 15) is 22.8 Å². The highest BCUT2D eigenvalue weighted by atomic mass is 19.4. The lowest BCUT2D eigenvalue weighted by molar-refractivity contribution is -0.138. The molecule has 0 saturated carbocycles. The standard InChI is InChI=1S/C32H38F4N8O2/c1-19-16-44(17-20(2)42(19)5)28-12-26(33)23(10-27(28)40-30(46)24-15-37-29(45)11-25(24)32(34,35)36)22-6-8-43(9-7-22)31-38-13-21(14-39-31)18-41(3)4/h6,10-15,19-20H,7-9,16-18H2,1-5H3,(H,37,45)(H,40,46). The number of carbonyl (C=O) groups is 1. The van der Waals surface area contributed by atoms with Crippen LogP contribution in [0.5, 0.6) is 0 Å². The van der Waals surface area contributed by atoms with Crippen LogP contribution in [0.25, 0.3) is 5.57 Å². The Morgan fingerprint density at radius 1 is 1.09 bits per heavy atom. The minimum absolute atomic E-state index is 0.0947. The third-order valence-corrected chi connectivity index (χ3v) is 8.54. The second kappa shape index (κ2) is 13.2. The van der Waals surface area contributed by atoms with Gasteiger partial charge in [-0.25, -0.2) is 14.4 Å². The third-order valence-electron chi connectivity index (χ3n) is 8.54. The summed E-state index contributed by atoms with van der Waals surface area (Å²) in [7, 11) is 5.92. The summed E-state index contributed by atoms with van der Waals surface area (Å²) in [6, 6.07) is 3.37. The van der Waals surface area contributed by atoms with Crippen LogP contribution in [0.2, 0.25) is 0 Å². The van der Waals surface area contributed by atoms with Crippen molar-refractivity contribution < 1.29 is 22.4 Å². The second-order valence-electron chi connectivity index (χ2n) is 12.2. The highest BCUT2D eigenvalue weighted by Crippen LogP contribution is 2.37. The van der Waals surface area contributed by atoms with Crippen LogP contribution in [0.3, 0.4) is 0 Å². The molecule has 0 bridgehead atoms. The first-order valence-electron chi connectivity index (χ1n) is 15.0. The summed E-state index contributed by atoms with van der Waals surface area (Å²) in [5, 5.41) is 2.61. The van der Waals surface area contributed by atoms with Crippen LogP contribution < -0.4 is 20.7 Å². The lowest BCUT2D eigenvalue weighted by Crippen LogP contribution is -2.55. The maximum atomic E-state index is 15.9. The van der Waals surface area contributed by atoms with Gasteiger partial charge in [-0.05, 0) is 59.1 Å². The number of benzene rings is 1. The van der Waals surface area contributed by atoms with Crippen LogP contribution >= 0.6 is 0 Å². The second-order valence-corrected chi connectivity index (χ2v) is 12.2. The number of rotatable bonds is 7. The number of anilines is 3. The Morgan fingerprint density at radius 3 is 2.35 bits per heavy atom. The minimum atomic E-state index is -4.94. The molecule has 2 aliphatic rings. The van der Waals surface area contributed by atoms with Crippen LogP contribution in [0, 0.1) is 5.82 Å². The van der Waals surface area contributed by atoms with Gasteiger partial charge in [0.25, 0.3) is 5.91 Å². The summed E-state index contributed by atoms with van der Waals surface area (Å²) >= 11 is 0. The van der Waals surface area contributed by atoms with Crippen molar-refractivity contribution >= 4 is 28.8 Å². The van der Waals surface area contributed by atoms with Gasteiger partial charge in [0, 0.05) is 80.6 Å². The van der Waals surface area contributed by atoms with E-state index in [0.717, 1.165) is 11.8 Å². The lowest BCUT2D eigenvalue weighted by Gasteiger charge is -2.44. The fourth-order valence-corrected chi connectivity index (χ4v) is 5.91. The Bertz CT molecular complexity index is 1660. The number of aromatic amines is 1. The van der Waals surface area contributed by atoms with Gasteiger partial charge in [0.2, 0.25) is 11.5 Å². The number of carbonyl (C=O) groups excluding carboxylic acids is 1. The molecule has 246 valence electrons. The van der Waals surface area contributed by atoms with E-state index in [2.05, 4.69) is 25.2 Å². The first kappa shape index (κ1) is 33.1. The summed E-state index contributed by atoms with van der Waals surface area (Å²) in [5.41, 5.74) is -0.626. The molecule has 2 aromatic heterocycles. The van der Waals surface area contributed by atoms with Crippen molar-refractivity contribution in [1.82, 2.24) is 24.8 Å². The molecular formula is C32H38F4N8O2. The number of alkyl halides is 3. The average Bonchev–Trinajstić information content (AvgIpc) is 3.00. The van der Waals surface area contributed by atoms with Gasteiger partial charge in [-0.3, -0.25) is 14.5 Å². The number of aromatic nitrogens is 3. The van der Waals surface area contributed by atoms with Crippen LogP contribution in [0.15, 0.2) is 47.7 Å². The highest BCUT2D eigenvalue weighted by molar-refractivity contribution is 6.07. The van der Waals surface area contributed by atoms with Crippen molar-refractivity contribution in [3.05, 3.63) is 81.3 Å². The molecule has 5 rings (SSSR count). The van der Waals surface area contributed by atoms with E-state index >= 15 is 4.39 Å². The van der Waals surface area contributed by atoms with Gasteiger partial charge in [-0.15, -0.1) is 0 Å². The molecule has 3 aromatic rings. The van der Waals surface area contributed by atoms with E-state index in [4.69, 9.17) is 0 Å². The molecule has 2 atom stereocenters. The van der Waals surface area contributed by atoms with E-state index in [1.54, 1.807) is 12.4 Å². The fraction of sp³-hybridized carbons (Fsp3) is 0.438. The molecule has 1 aromatic carbocycles. The zero-order valence-corrected chi connectivity index (χ0v) is 26.5. The monoisotopic (exact) mass is 642 g/mol. The number of amides is 1. The van der Waals surface area contributed by atoms with Gasteiger partial charge >= 0.3 is 6.18 Å². The maximum Gasteiger partial charge on any atom is 0.417 e. The van der Waals surface area contributed by atoms with Crippen molar-refractivity contribution in [1.29, 1.82) is 0 Å². The molecule has 0 radical (unpaired) electrons. The molecule has 2 aliphatic heterocycles. The predicted octanol–water partition coefficient (Wildman–Crippen LogP) is 4.46. The molecule has 10 nitrogen and oxygen atoms in total. The third kappa shape index (κ3) is 7.23. The number of likely N-dealkylation sites (N-methyl/N-ethyl adjacent to an activating group) is 1. The number of H-pyrrole nitrogens is 1. The van der Waals surface area contributed by atoms with Crippen molar-refractivity contribution in [2.45, 2.75) is 45.1 Å². The Labute approximate surface area is 264 Å². The molecule has 14 heteroatoms. The Hall–Kier alpha value is -4.30. The highest BCUT2D eigenvalue weighted by Gasteiger charge is 2.36. The Kier molecular flexibility index (Phi) is 9.49. The quantitative estimate of drug-likeness (QED) is 0.365. The normalized spacial score (nSPS) is 19.4. The molecule has 0 aliphatic carbocycles. The average molecular weight is 643 g/mol. The number of hydrogen-bond acceptors (Lipinski definition) is 8. The van der Waals surface area contributed by atoms with Crippen LogP contribution in [0.4, 0.5) is 34.9 Å². The van der Waals surface area contributed by atoms with Crippen molar-refractivity contribution in [2.24, 2.45) is 0 Å². The summed E-state index contributed by atoms with van der Waals surface area (Å²) in [6.45, 7) is 6.73. The zero-order chi connectivity index (χ0) is 33.3. The number of pyridine rings is 1. The molecule has 46 heavy (non-hydrogen) atoms. The van der Waals surface area contributed by atoms with Crippen molar-refractivity contribution in [3.63, 3.8) is 0 Å². The predicted molar refractivity (Wildman–Crippen MR) is 170 cm³/mol. The molecule has 1 saturated heterocycles. The number of piperazine rings is 1. The first-order chi connectivity index (χ1) is 21.7. The summed E-state index contributed by atoms with van der Waals surface area (Å²) in [6.07, 6.45) is 1.69. The number of halogens is 4. The Balaban J connectivity index is 1.48. The van der Waals surface area contributed by atoms with Gasteiger partial charge in [0.05, 0.1) is 22.5 Å². The van der Waals surface area contributed by atoms with Gasteiger partial charge in [0.15, 0.2) is 0 Å². The largest absolute Gasteiger partial charge is 0.417 e. The first-order valence-corrected chi connectivity index (χ1v) is 15.0. The van der Waals surface area contributed by atoms with Crippen molar-refractivity contribution in [2.75, 3.05) is 62.4 Å². The van der Waals surface area contributed by atoms with Gasteiger partial charge in [-0.1, -0.05) is 6.08 Å². The maximum absolute atomic E-state index is 15.9. The van der Waals surface area contributed by atoms with Gasteiger partial charge in [-0.2, -0.15) is 13.2 Å². The topological polar surface area (TPSA) is 101 Å². The number of nitrogens with one attached hydrogen (secondary N) is 2. The minimum Gasteiger partial charge on any atom is -0.367 e. The van der Waals surface area contributed by atoms with E-state index in [1.807, 2.05) is 55.8 Å². The molecule has 0 spiro atoms. The fourth-order valence-electron chi connectivity index (χ4n) is 5.91. The lowest BCUT2D eigenvalue weighted by atomic mass is 9.97. The smallest absolute Gasteiger partial charge is 0.367 e. The molecule has 1 fully saturated rings. The van der Waals surface area contributed by atoms with Crippen LogP contribution in [-0.4, -0.2) is 90.1 Å². The van der Waals surface area contributed by atoms with Gasteiger partial charge < -0.3 is 25.0 Å². The van der Waals surface area contributed by atoms with E-state index in [-0.39, 0.29) is 23.3 Å². The zero-order valence-electron chi connectivity index (χ0n) is 26.5. The van der Waals surface area contributed by atoms with Crippen LogP contribution in [0.1, 0.15) is 47.3 Å². The van der Waals surface area contributed by atoms with E-state index in [1.165, 1.54) is 12.1 Å². The SMILES string of the molecule is CC1CN(c2cc(F)c(C3=CCN(c4ncc(CN(C)C)cn4)CC3)cc2NC(=O)c2c[nH]c(=O)cc2C(F)(F)F)CC(C)N1C. The molecule has 4 heterocycles. The summed E-state index contributed by atoms with van der Waals surface area (Å²) in [4.78, 5) is 44.3. The molecule has 2 unspecified atom stereocenters. The number of hydrogen-bond donors (Lipinski definition) is 2. The Morgan fingerprint density at radius 2 is 1.76 bits per heavy atom. The van der Waals surface area contributed by atoms with Gasteiger partial charge in [0.1, 0.15) is 5.82 Å². The summed E-state index contributed by atoms with van der Waals surface area (Å²) in [5.74, 6) is -1.02. The van der Waals surface area contributed by atoms with E-state index in [0.29, 0.717) is 62.4 Å². The van der Waals surface area contributed by atoms with Crippen molar-refractivity contribution in [3.8, 4) is 0 Å². The summed E-state index contributed by atoms with van der Waals surface area (Å²) < 4.78 is 57.3. The molecule has 1 amide bonds. The molecule has 2 N–H and O–H groups in total.